The van der Waals surface area contributed by atoms with Crippen molar-refractivity contribution in [2.45, 2.75) is 43.8 Å². The molecular weight excluding hydrogens is 481 g/mol. The molecule has 0 fully saturated rings. The highest BCUT2D eigenvalue weighted by Crippen LogP contribution is 2.39. The first-order valence-corrected chi connectivity index (χ1v) is 12.1. The lowest BCUT2D eigenvalue weighted by atomic mass is 9.96. The maximum atomic E-state index is 14.7. The Kier molecular flexibility index (Phi) is 6.11. The molecule has 4 rings (SSSR count). The molecule has 184 valence electrons. The fourth-order valence-corrected chi connectivity index (χ4v) is 4.81. The Morgan fingerprint density at radius 3 is 2.57 bits per heavy atom. The van der Waals surface area contributed by atoms with Crippen molar-refractivity contribution >= 4 is 27.4 Å². The van der Waals surface area contributed by atoms with Gasteiger partial charge in [0.1, 0.15) is 5.82 Å². The van der Waals surface area contributed by atoms with E-state index < -0.39 is 37.5 Å². The van der Waals surface area contributed by atoms with E-state index in [4.69, 9.17) is 4.42 Å². The van der Waals surface area contributed by atoms with Gasteiger partial charge in [0.15, 0.2) is 0 Å². The lowest BCUT2D eigenvalue weighted by Crippen LogP contribution is -2.34. The normalized spacial score (nSPS) is 13.4. The summed E-state index contributed by atoms with van der Waals surface area (Å²) in [4.78, 5) is 23.3. The number of hydrogen-bond donors (Lipinski definition) is 3. The van der Waals surface area contributed by atoms with Crippen LogP contribution in [0.3, 0.4) is 0 Å². The molecule has 2 aromatic carbocycles. The van der Waals surface area contributed by atoms with Crippen molar-refractivity contribution in [1.29, 1.82) is 0 Å². The van der Waals surface area contributed by atoms with Gasteiger partial charge >= 0.3 is 6.03 Å². The minimum absolute atomic E-state index is 0.104. The molecule has 1 aromatic heterocycles. The fraction of sp³-hybridized carbons (Fsp3) is 0.261. The second-order valence-corrected chi connectivity index (χ2v) is 10.3. The first-order chi connectivity index (χ1) is 16.4. The SMILES string of the molecule is CC(C)(O)c1coc(S(=O)(=O)NC(=O)Nc2c(-c3cc([N+](=O)[O-])ccc3F)ccc3c2CCC3)c1. The van der Waals surface area contributed by atoms with Crippen molar-refractivity contribution < 1.29 is 32.0 Å². The number of rotatable bonds is 6. The van der Waals surface area contributed by atoms with Gasteiger partial charge in [0.2, 0.25) is 5.09 Å². The third-order valence-electron chi connectivity index (χ3n) is 5.75. The summed E-state index contributed by atoms with van der Waals surface area (Å²) in [5.74, 6) is -0.737. The Morgan fingerprint density at radius 2 is 1.91 bits per heavy atom. The number of furan rings is 1. The molecular formula is C23H22FN3O7S. The van der Waals surface area contributed by atoms with Crippen LogP contribution in [0.15, 0.2) is 52.2 Å². The Hall–Kier alpha value is -3.77. The number of nitrogens with one attached hydrogen (secondary N) is 2. The minimum Gasteiger partial charge on any atom is -0.451 e. The number of hydrogen-bond acceptors (Lipinski definition) is 7. The second-order valence-electron chi connectivity index (χ2n) is 8.67. The van der Waals surface area contributed by atoms with Crippen LogP contribution in [0.2, 0.25) is 0 Å². The highest BCUT2D eigenvalue weighted by Gasteiger charge is 2.28. The van der Waals surface area contributed by atoms with Gasteiger partial charge in [0.25, 0.3) is 15.7 Å². The molecule has 35 heavy (non-hydrogen) atoms. The van der Waals surface area contributed by atoms with E-state index in [0.717, 1.165) is 42.5 Å². The van der Waals surface area contributed by atoms with Crippen molar-refractivity contribution in [2.75, 3.05) is 5.32 Å². The van der Waals surface area contributed by atoms with E-state index >= 15 is 0 Å². The smallest absolute Gasteiger partial charge is 0.333 e. The molecule has 10 nitrogen and oxygen atoms in total. The number of fused-ring (bicyclic) bond motifs is 1. The number of benzene rings is 2. The highest BCUT2D eigenvalue weighted by molar-refractivity contribution is 7.89. The zero-order valence-electron chi connectivity index (χ0n) is 18.8. The third kappa shape index (κ3) is 4.88. The molecule has 3 aromatic rings. The first kappa shape index (κ1) is 24.4. The van der Waals surface area contributed by atoms with Crippen LogP contribution in [0.1, 0.15) is 37.0 Å². The van der Waals surface area contributed by atoms with Gasteiger partial charge in [-0.2, -0.15) is 8.42 Å². The fourth-order valence-electron chi connectivity index (χ4n) is 3.96. The standard InChI is InChI=1S/C23H22FN3O7S/c1-23(2,29)14-10-20(34-12-14)35(32,33)26-22(28)25-21-16-5-3-4-13(16)6-8-17(21)18-11-15(27(30)31)7-9-19(18)24/h6-12,29H,3-5H2,1-2H3,(H2,25,26,28). The predicted octanol–water partition coefficient (Wildman–Crippen LogP) is 4.22. The van der Waals surface area contributed by atoms with E-state index in [1.54, 1.807) is 12.1 Å². The number of anilines is 1. The van der Waals surface area contributed by atoms with Crippen molar-refractivity contribution in [3.63, 3.8) is 0 Å². The monoisotopic (exact) mass is 503 g/mol. The van der Waals surface area contributed by atoms with Crippen LogP contribution in [0.25, 0.3) is 11.1 Å². The summed E-state index contributed by atoms with van der Waals surface area (Å²) in [5, 5.41) is 23.2. The number of aryl methyl sites for hydroxylation is 1. The van der Waals surface area contributed by atoms with Crippen molar-refractivity contribution in [1.82, 2.24) is 4.72 Å². The van der Waals surface area contributed by atoms with Crippen LogP contribution in [-0.4, -0.2) is 24.5 Å². The van der Waals surface area contributed by atoms with E-state index in [0.29, 0.717) is 18.4 Å². The molecule has 0 bridgehead atoms. The number of sulfonamides is 1. The quantitative estimate of drug-likeness (QED) is 0.336. The molecule has 3 N–H and O–H groups in total. The van der Waals surface area contributed by atoms with Gasteiger partial charge in [-0.25, -0.2) is 13.9 Å². The van der Waals surface area contributed by atoms with Gasteiger partial charge in [-0.1, -0.05) is 12.1 Å². The molecule has 2 amide bonds. The zero-order chi connectivity index (χ0) is 25.5. The molecule has 12 heteroatoms. The number of urea groups is 1. The number of nitro benzene ring substituents is 1. The summed E-state index contributed by atoms with van der Waals surface area (Å²) in [7, 11) is -4.44. The van der Waals surface area contributed by atoms with E-state index in [2.05, 4.69) is 5.32 Å². The molecule has 0 spiro atoms. The summed E-state index contributed by atoms with van der Waals surface area (Å²) >= 11 is 0. The van der Waals surface area contributed by atoms with E-state index in [-0.39, 0.29) is 28.1 Å². The summed E-state index contributed by atoms with van der Waals surface area (Å²) < 4.78 is 46.9. The van der Waals surface area contributed by atoms with Crippen molar-refractivity contribution in [2.24, 2.45) is 0 Å². The van der Waals surface area contributed by atoms with E-state index in [1.807, 2.05) is 4.72 Å². The zero-order valence-corrected chi connectivity index (χ0v) is 19.6. The molecule has 1 aliphatic rings. The predicted molar refractivity (Wildman–Crippen MR) is 124 cm³/mol. The second kappa shape index (κ2) is 8.78. The number of nitro groups is 1. The van der Waals surface area contributed by atoms with Crippen LogP contribution in [0, 0.1) is 15.9 Å². The number of carbonyl (C=O) groups is 1. The maximum absolute atomic E-state index is 14.7. The number of aliphatic hydroxyl groups is 1. The van der Waals surface area contributed by atoms with Crippen molar-refractivity contribution in [3.05, 3.63) is 75.3 Å². The van der Waals surface area contributed by atoms with Crippen LogP contribution in [0.4, 0.5) is 20.6 Å². The van der Waals surface area contributed by atoms with Gasteiger partial charge in [0.05, 0.1) is 22.5 Å². The average Bonchev–Trinajstić information content (AvgIpc) is 3.44. The Balaban J connectivity index is 1.69. The molecule has 1 heterocycles. The minimum atomic E-state index is -4.44. The lowest BCUT2D eigenvalue weighted by molar-refractivity contribution is -0.384. The Labute approximate surface area is 200 Å². The molecule has 1 aliphatic carbocycles. The summed E-state index contributed by atoms with van der Waals surface area (Å²) in [5.41, 5.74) is 0.351. The van der Waals surface area contributed by atoms with Gasteiger partial charge in [-0.3, -0.25) is 10.1 Å². The Morgan fingerprint density at radius 1 is 1.17 bits per heavy atom. The largest absolute Gasteiger partial charge is 0.451 e. The van der Waals surface area contributed by atoms with Crippen LogP contribution < -0.4 is 10.0 Å². The molecule has 0 atom stereocenters. The number of amides is 2. The summed E-state index contributed by atoms with van der Waals surface area (Å²) in [6, 6.07) is 6.33. The lowest BCUT2D eigenvalue weighted by Gasteiger charge is -2.17. The molecule has 0 saturated carbocycles. The summed E-state index contributed by atoms with van der Waals surface area (Å²) in [6.45, 7) is 2.89. The topological polar surface area (TPSA) is 152 Å². The third-order valence-corrected chi connectivity index (χ3v) is 6.94. The van der Waals surface area contributed by atoms with Crippen molar-refractivity contribution in [3.8, 4) is 11.1 Å². The van der Waals surface area contributed by atoms with E-state index in [1.165, 1.54) is 13.8 Å². The molecule has 0 unspecified atom stereocenters. The molecule has 0 saturated heterocycles. The average molecular weight is 504 g/mol. The number of halogens is 1. The molecule has 0 aliphatic heterocycles. The van der Waals surface area contributed by atoms with Gasteiger partial charge in [-0.05, 0) is 50.3 Å². The maximum Gasteiger partial charge on any atom is 0.333 e. The highest BCUT2D eigenvalue weighted by atomic mass is 32.2. The van der Waals surface area contributed by atoms with Crippen LogP contribution in [0.5, 0.6) is 0 Å². The Bertz CT molecular complexity index is 1440. The van der Waals surface area contributed by atoms with Crippen LogP contribution >= 0.6 is 0 Å². The number of carbonyl (C=O) groups excluding carboxylic acids is 1. The molecule has 0 radical (unpaired) electrons. The van der Waals surface area contributed by atoms with Gasteiger partial charge in [-0.15, -0.1) is 0 Å². The number of nitrogens with zero attached hydrogens (tertiary/aromatic N) is 1. The first-order valence-electron chi connectivity index (χ1n) is 10.6. The van der Waals surface area contributed by atoms with E-state index in [9.17, 15) is 32.8 Å². The summed E-state index contributed by atoms with van der Waals surface area (Å²) in [6.07, 6.45) is 3.11. The van der Waals surface area contributed by atoms with Gasteiger partial charge < -0.3 is 14.8 Å². The van der Waals surface area contributed by atoms with Crippen LogP contribution in [-0.2, 0) is 28.5 Å². The van der Waals surface area contributed by atoms with Gasteiger partial charge in [0, 0.05) is 34.9 Å². The number of non-ortho nitro benzene ring substituents is 1.